The number of hydrazone groups is 1. The molecule has 1 amide bonds. The summed E-state index contributed by atoms with van der Waals surface area (Å²) in [6, 6.07) is 11.2. The Labute approximate surface area is 119 Å². The molecule has 0 unspecified atom stereocenters. The fraction of sp³-hybridized carbons (Fsp3) is 0.0714. The van der Waals surface area contributed by atoms with Crippen molar-refractivity contribution < 1.29 is 9.21 Å². The zero-order chi connectivity index (χ0) is 13.9. The molecule has 0 saturated heterocycles. The molecule has 6 heteroatoms. The van der Waals surface area contributed by atoms with Crippen LogP contribution in [-0.2, 0) is 4.79 Å². The maximum absolute atomic E-state index is 11.7. The summed E-state index contributed by atoms with van der Waals surface area (Å²) in [6.45, 7) is 1.45. The van der Waals surface area contributed by atoms with Gasteiger partial charge < -0.3 is 4.42 Å². The fourth-order valence-corrected chi connectivity index (χ4v) is 2.66. The van der Waals surface area contributed by atoms with E-state index in [-0.39, 0.29) is 5.91 Å². The summed E-state index contributed by atoms with van der Waals surface area (Å²) in [7, 11) is 0. The smallest absolute Gasteiger partial charge is 0.246 e. The highest BCUT2D eigenvalue weighted by Gasteiger charge is 2.15. The monoisotopic (exact) mass is 285 g/mol. The molecule has 0 N–H and O–H groups in total. The first-order valence-electron chi connectivity index (χ1n) is 5.98. The number of rotatable bonds is 3. The first-order valence-corrected chi connectivity index (χ1v) is 6.79. The minimum absolute atomic E-state index is 0.202. The van der Waals surface area contributed by atoms with Crippen molar-refractivity contribution in [3.05, 3.63) is 48.4 Å². The Morgan fingerprint density at radius 1 is 1.35 bits per heavy atom. The Bertz CT molecular complexity index is 729. The molecule has 100 valence electrons. The molecule has 0 bridgehead atoms. The van der Waals surface area contributed by atoms with Crippen LogP contribution in [0.15, 0.2) is 52.2 Å². The second-order valence-corrected chi connectivity index (χ2v) is 5.06. The van der Waals surface area contributed by atoms with Gasteiger partial charge in [-0.3, -0.25) is 4.79 Å². The van der Waals surface area contributed by atoms with Gasteiger partial charge in [-0.15, -0.1) is 0 Å². The van der Waals surface area contributed by atoms with Crippen LogP contribution in [0.1, 0.15) is 12.7 Å². The van der Waals surface area contributed by atoms with Crippen molar-refractivity contribution in [2.24, 2.45) is 5.10 Å². The van der Waals surface area contributed by atoms with Crippen molar-refractivity contribution in [1.29, 1.82) is 0 Å². The van der Waals surface area contributed by atoms with Crippen molar-refractivity contribution >= 4 is 38.8 Å². The molecule has 2 heterocycles. The predicted octanol–water partition coefficient (Wildman–Crippen LogP) is 3.28. The van der Waals surface area contributed by atoms with Crippen LogP contribution in [0.3, 0.4) is 0 Å². The van der Waals surface area contributed by atoms with E-state index in [4.69, 9.17) is 4.42 Å². The van der Waals surface area contributed by atoms with Crippen LogP contribution in [0.2, 0.25) is 0 Å². The minimum atomic E-state index is -0.202. The van der Waals surface area contributed by atoms with Crippen LogP contribution in [0.5, 0.6) is 0 Å². The molecule has 0 atom stereocenters. The lowest BCUT2D eigenvalue weighted by Crippen LogP contribution is -2.22. The zero-order valence-electron chi connectivity index (χ0n) is 10.7. The van der Waals surface area contributed by atoms with E-state index in [9.17, 15) is 4.79 Å². The molecule has 0 fully saturated rings. The number of amides is 1. The average Bonchev–Trinajstić information content (AvgIpc) is 3.06. The number of carbonyl (C=O) groups excluding carboxylic acids is 1. The molecular weight excluding hydrogens is 274 g/mol. The Morgan fingerprint density at radius 3 is 2.90 bits per heavy atom. The van der Waals surface area contributed by atoms with Gasteiger partial charge in [-0.25, -0.2) is 4.98 Å². The summed E-state index contributed by atoms with van der Waals surface area (Å²) in [4.78, 5) is 16.1. The Kier molecular flexibility index (Phi) is 3.30. The second-order valence-electron chi connectivity index (χ2n) is 4.05. The number of furan rings is 1. The number of benzene rings is 1. The van der Waals surface area contributed by atoms with Gasteiger partial charge in [0.2, 0.25) is 11.0 Å². The van der Waals surface area contributed by atoms with E-state index < -0.39 is 0 Å². The molecule has 0 spiro atoms. The van der Waals surface area contributed by atoms with E-state index in [0.717, 1.165) is 10.2 Å². The fourth-order valence-electron chi connectivity index (χ4n) is 1.70. The van der Waals surface area contributed by atoms with Crippen LogP contribution in [-0.4, -0.2) is 17.1 Å². The zero-order valence-corrected chi connectivity index (χ0v) is 11.5. The molecule has 0 aliphatic carbocycles. The number of para-hydroxylation sites is 1. The number of hydrogen-bond donors (Lipinski definition) is 0. The van der Waals surface area contributed by atoms with E-state index >= 15 is 0 Å². The van der Waals surface area contributed by atoms with Gasteiger partial charge >= 0.3 is 0 Å². The molecular formula is C14H11N3O2S. The van der Waals surface area contributed by atoms with Crippen molar-refractivity contribution in [2.75, 3.05) is 5.01 Å². The van der Waals surface area contributed by atoms with Crippen LogP contribution in [0.4, 0.5) is 5.13 Å². The quantitative estimate of drug-likeness (QED) is 0.548. The molecule has 20 heavy (non-hydrogen) atoms. The van der Waals surface area contributed by atoms with Crippen molar-refractivity contribution in [3.63, 3.8) is 0 Å². The molecule has 0 radical (unpaired) electrons. The molecule has 3 aromatic rings. The number of thiazole rings is 1. The standard InChI is InChI=1S/C14H11N3O2S/c1-10(18)17(15-9-11-5-4-8-19-11)14-16-12-6-2-3-7-13(12)20-14/h2-9H,1H3/b15-9+. The van der Waals surface area contributed by atoms with Crippen molar-refractivity contribution in [1.82, 2.24) is 4.98 Å². The van der Waals surface area contributed by atoms with Crippen LogP contribution in [0.25, 0.3) is 10.2 Å². The number of anilines is 1. The van der Waals surface area contributed by atoms with E-state index in [1.807, 2.05) is 24.3 Å². The van der Waals surface area contributed by atoms with Gasteiger partial charge in [0.25, 0.3) is 0 Å². The molecule has 1 aromatic carbocycles. The summed E-state index contributed by atoms with van der Waals surface area (Å²) in [5.41, 5.74) is 0.854. The highest BCUT2D eigenvalue weighted by atomic mass is 32.1. The maximum atomic E-state index is 11.7. The summed E-state index contributed by atoms with van der Waals surface area (Å²) in [6.07, 6.45) is 3.05. The van der Waals surface area contributed by atoms with Gasteiger partial charge in [0.05, 0.1) is 22.7 Å². The largest absolute Gasteiger partial charge is 0.463 e. The third kappa shape index (κ3) is 2.46. The lowest BCUT2D eigenvalue weighted by atomic mass is 10.3. The summed E-state index contributed by atoms with van der Waals surface area (Å²) < 4.78 is 6.17. The van der Waals surface area contributed by atoms with Crippen molar-refractivity contribution in [3.8, 4) is 0 Å². The van der Waals surface area contributed by atoms with Gasteiger partial charge in [-0.1, -0.05) is 23.5 Å². The number of hydrogen-bond acceptors (Lipinski definition) is 5. The first kappa shape index (κ1) is 12.6. The SMILES string of the molecule is CC(=O)N(/N=C/c1ccco1)c1nc2ccccc2s1. The van der Waals surface area contributed by atoms with Gasteiger partial charge in [0.15, 0.2) is 0 Å². The van der Waals surface area contributed by atoms with E-state index in [0.29, 0.717) is 10.9 Å². The van der Waals surface area contributed by atoms with Gasteiger partial charge in [0, 0.05) is 6.92 Å². The predicted molar refractivity (Wildman–Crippen MR) is 79.1 cm³/mol. The van der Waals surface area contributed by atoms with Crippen LogP contribution < -0.4 is 5.01 Å². The van der Waals surface area contributed by atoms with Gasteiger partial charge in [-0.2, -0.15) is 10.1 Å². The maximum Gasteiger partial charge on any atom is 0.246 e. The molecule has 2 aromatic heterocycles. The summed E-state index contributed by atoms with van der Waals surface area (Å²) >= 11 is 1.42. The van der Waals surface area contributed by atoms with Crippen molar-refractivity contribution in [2.45, 2.75) is 6.92 Å². The first-order chi connectivity index (χ1) is 9.74. The summed E-state index contributed by atoms with van der Waals surface area (Å²) in [5.74, 6) is 0.379. The Balaban J connectivity index is 1.96. The number of carbonyl (C=O) groups is 1. The topological polar surface area (TPSA) is 58.7 Å². The minimum Gasteiger partial charge on any atom is -0.463 e. The second kappa shape index (κ2) is 5.26. The molecule has 3 rings (SSSR count). The molecule has 0 saturated carbocycles. The summed E-state index contributed by atoms with van der Waals surface area (Å²) in [5, 5.41) is 5.96. The van der Waals surface area contributed by atoms with E-state index in [1.54, 1.807) is 18.4 Å². The number of fused-ring (bicyclic) bond motifs is 1. The third-order valence-electron chi connectivity index (χ3n) is 2.61. The average molecular weight is 285 g/mol. The van der Waals surface area contributed by atoms with Crippen LogP contribution >= 0.6 is 11.3 Å². The normalized spacial score (nSPS) is 11.2. The lowest BCUT2D eigenvalue weighted by molar-refractivity contribution is -0.116. The number of aromatic nitrogens is 1. The molecule has 0 aliphatic rings. The van der Waals surface area contributed by atoms with Crippen LogP contribution in [0, 0.1) is 0 Å². The Morgan fingerprint density at radius 2 is 2.20 bits per heavy atom. The highest BCUT2D eigenvalue weighted by Crippen LogP contribution is 2.28. The number of nitrogens with zero attached hydrogens (tertiary/aromatic N) is 3. The third-order valence-corrected chi connectivity index (χ3v) is 3.62. The molecule has 0 aliphatic heterocycles. The van der Waals surface area contributed by atoms with E-state index in [1.165, 1.54) is 29.5 Å². The van der Waals surface area contributed by atoms with Gasteiger partial charge in [0.1, 0.15) is 5.76 Å². The lowest BCUT2D eigenvalue weighted by Gasteiger charge is -2.09. The Hall–Kier alpha value is -2.47. The van der Waals surface area contributed by atoms with Gasteiger partial charge in [-0.05, 0) is 24.3 Å². The highest BCUT2D eigenvalue weighted by molar-refractivity contribution is 7.22. The van der Waals surface area contributed by atoms with E-state index in [2.05, 4.69) is 10.1 Å². The molecule has 5 nitrogen and oxygen atoms in total.